The third kappa shape index (κ3) is 3.83. The van der Waals surface area contributed by atoms with Crippen molar-refractivity contribution in [3.63, 3.8) is 0 Å². The van der Waals surface area contributed by atoms with Gasteiger partial charge in [0.2, 0.25) is 0 Å². The summed E-state index contributed by atoms with van der Waals surface area (Å²) in [6, 6.07) is 27.9. The Labute approximate surface area is 199 Å². The number of benzene rings is 3. The van der Waals surface area contributed by atoms with Crippen molar-refractivity contribution in [2.75, 3.05) is 36.0 Å². The van der Waals surface area contributed by atoms with Crippen molar-refractivity contribution in [2.45, 2.75) is 13.3 Å². The maximum absolute atomic E-state index is 4.74. The van der Waals surface area contributed by atoms with Gasteiger partial charge < -0.3 is 9.80 Å². The van der Waals surface area contributed by atoms with Crippen LogP contribution in [0.15, 0.2) is 85.1 Å². The van der Waals surface area contributed by atoms with Gasteiger partial charge in [-0.05, 0) is 36.1 Å². The zero-order chi connectivity index (χ0) is 22.9. The van der Waals surface area contributed by atoms with E-state index in [0.717, 1.165) is 49.8 Å². The maximum atomic E-state index is 4.74. The molecule has 6 rings (SSSR count). The van der Waals surface area contributed by atoms with Gasteiger partial charge in [-0.3, -0.25) is 4.98 Å². The number of rotatable bonds is 4. The van der Waals surface area contributed by atoms with Gasteiger partial charge in [0.1, 0.15) is 0 Å². The summed E-state index contributed by atoms with van der Waals surface area (Å²) < 4.78 is 0. The van der Waals surface area contributed by atoms with Crippen LogP contribution >= 0.6 is 0 Å². The lowest BCUT2D eigenvalue weighted by molar-refractivity contribution is 0.646. The SMILES string of the molecule is Cc1cc(Cc2nnc(N3CCN(c4cccc5ccccc45)CC3)c3ccccc23)ccn1. The molecule has 3 aromatic carbocycles. The van der Waals surface area contributed by atoms with E-state index in [1.807, 2.05) is 13.1 Å². The summed E-state index contributed by atoms with van der Waals surface area (Å²) in [5.41, 5.74) is 4.56. The normalized spacial score (nSPS) is 14.1. The van der Waals surface area contributed by atoms with Crippen molar-refractivity contribution in [2.24, 2.45) is 0 Å². The Morgan fingerprint density at radius 2 is 1.41 bits per heavy atom. The lowest BCUT2D eigenvalue weighted by Gasteiger charge is -2.37. The molecule has 1 saturated heterocycles. The fourth-order valence-electron chi connectivity index (χ4n) is 5.06. The summed E-state index contributed by atoms with van der Waals surface area (Å²) in [6.07, 6.45) is 2.62. The largest absolute Gasteiger partial charge is 0.367 e. The predicted octanol–water partition coefficient (Wildman–Crippen LogP) is 5.40. The number of fused-ring (bicyclic) bond motifs is 2. The molecule has 0 N–H and O–H groups in total. The van der Waals surface area contributed by atoms with Gasteiger partial charge in [0.15, 0.2) is 5.82 Å². The van der Waals surface area contributed by atoms with Crippen LogP contribution < -0.4 is 9.80 Å². The van der Waals surface area contributed by atoms with Crippen LogP contribution in [0.2, 0.25) is 0 Å². The molecule has 1 aliphatic rings. The predicted molar refractivity (Wildman–Crippen MR) is 140 cm³/mol. The van der Waals surface area contributed by atoms with Gasteiger partial charge in [0.25, 0.3) is 0 Å². The van der Waals surface area contributed by atoms with Gasteiger partial charge in [-0.25, -0.2) is 0 Å². The Bertz CT molecular complexity index is 1470. The van der Waals surface area contributed by atoms with E-state index in [2.05, 4.69) is 93.6 Å². The van der Waals surface area contributed by atoms with Gasteiger partial charge in [-0.1, -0.05) is 60.7 Å². The first-order valence-electron chi connectivity index (χ1n) is 11.9. The lowest BCUT2D eigenvalue weighted by atomic mass is 10.0. The van der Waals surface area contributed by atoms with Gasteiger partial charge in [0, 0.05) is 66.3 Å². The zero-order valence-corrected chi connectivity index (χ0v) is 19.4. The number of hydrogen-bond acceptors (Lipinski definition) is 5. The smallest absolute Gasteiger partial charge is 0.159 e. The molecule has 0 amide bonds. The second-order valence-corrected chi connectivity index (χ2v) is 8.97. The Kier molecular flexibility index (Phi) is 5.30. The highest BCUT2D eigenvalue weighted by Crippen LogP contribution is 2.31. The topological polar surface area (TPSA) is 45.2 Å². The Morgan fingerprint density at radius 1 is 0.706 bits per heavy atom. The van der Waals surface area contributed by atoms with Crippen LogP contribution in [0.1, 0.15) is 17.0 Å². The summed E-state index contributed by atoms with van der Waals surface area (Å²) in [6.45, 7) is 5.79. The second kappa shape index (κ2) is 8.75. The first-order valence-corrected chi connectivity index (χ1v) is 11.9. The molecule has 1 fully saturated rings. The third-order valence-corrected chi connectivity index (χ3v) is 6.76. The molecular formula is C29H27N5. The van der Waals surface area contributed by atoms with E-state index < -0.39 is 0 Å². The van der Waals surface area contributed by atoms with Crippen molar-refractivity contribution in [3.8, 4) is 0 Å². The van der Waals surface area contributed by atoms with E-state index in [1.165, 1.54) is 32.8 Å². The molecule has 3 heterocycles. The minimum Gasteiger partial charge on any atom is -0.367 e. The number of aromatic nitrogens is 3. The summed E-state index contributed by atoms with van der Waals surface area (Å²) in [7, 11) is 0. The Balaban J connectivity index is 1.27. The maximum Gasteiger partial charge on any atom is 0.159 e. The molecule has 0 saturated carbocycles. The molecular weight excluding hydrogens is 418 g/mol. The molecule has 0 spiro atoms. The number of pyridine rings is 1. The monoisotopic (exact) mass is 445 g/mol. The van der Waals surface area contributed by atoms with Crippen LogP contribution in [-0.2, 0) is 6.42 Å². The fourth-order valence-corrected chi connectivity index (χ4v) is 5.06. The molecule has 5 aromatic rings. The van der Waals surface area contributed by atoms with E-state index in [9.17, 15) is 0 Å². The number of piperazine rings is 1. The Morgan fingerprint density at radius 3 is 2.24 bits per heavy atom. The van der Waals surface area contributed by atoms with Crippen LogP contribution in [0.25, 0.3) is 21.5 Å². The molecule has 2 aromatic heterocycles. The van der Waals surface area contributed by atoms with Crippen molar-refractivity contribution in [3.05, 3.63) is 102 Å². The molecule has 1 aliphatic heterocycles. The van der Waals surface area contributed by atoms with Crippen LogP contribution in [-0.4, -0.2) is 41.4 Å². The number of hydrogen-bond donors (Lipinski definition) is 0. The third-order valence-electron chi connectivity index (χ3n) is 6.76. The summed E-state index contributed by atoms with van der Waals surface area (Å²) in [5, 5.41) is 14.4. The lowest BCUT2D eigenvalue weighted by Crippen LogP contribution is -2.47. The molecule has 0 atom stereocenters. The van der Waals surface area contributed by atoms with E-state index >= 15 is 0 Å². The zero-order valence-electron chi connectivity index (χ0n) is 19.4. The van der Waals surface area contributed by atoms with Gasteiger partial charge in [-0.15, -0.1) is 5.10 Å². The average Bonchev–Trinajstić information content (AvgIpc) is 2.89. The van der Waals surface area contributed by atoms with E-state index in [0.29, 0.717) is 0 Å². The minimum absolute atomic E-state index is 0.756. The average molecular weight is 446 g/mol. The van der Waals surface area contributed by atoms with Gasteiger partial charge in [-0.2, -0.15) is 5.10 Å². The first kappa shape index (κ1) is 20.6. The molecule has 34 heavy (non-hydrogen) atoms. The van der Waals surface area contributed by atoms with Crippen LogP contribution in [0.4, 0.5) is 11.5 Å². The molecule has 5 heteroatoms. The number of anilines is 2. The van der Waals surface area contributed by atoms with E-state index in [4.69, 9.17) is 10.2 Å². The highest BCUT2D eigenvalue weighted by atomic mass is 15.3. The van der Waals surface area contributed by atoms with E-state index in [1.54, 1.807) is 0 Å². The molecule has 0 aliphatic carbocycles. The standard InChI is InChI=1S/C29H27N5/c1-21-19-22(13-14-30-21)20-27-25-10-4-5-11-26(25)29(32-31-27)34-17-15-33(16-18-34)28-12-6-8-23-7-2-3-9-24(23)28/h2-14,19H,15-18,20H2,1H3. The van der Waals surface area contributed by atoms with Crippen LogP contribution in [0.5, 0.6) is 0 Å². The number of nitrogens with zero attached hydrogens (tertiary/aromatic N) is 5. The van der Waals surface area contributed by atoms with Crippen molar-refractivity contribution < 1.29 is 0 Å². The molecule has 0 radical (unpaired) electrons. The first-order chi connectivity index (χ1) is 16.8. The van der Waals surface area contributed by atoms with E-state index in [-0.39, 0.29) is 0 Å². The van der Waals surface area contributed by atoms with Gasteiger partial charge >= 0.3 is 0 Å². The molecule has 0 bridgehead atoms. The van der Waals surface area contributed by atoms with Crippen molar-refractivity contribution >= 4 is 33.1 Å². The van der Waals surface area contributed by atoms with Crippen LogP contribution in [0.3, 0.4) is 0 Å². The van der Waals surface area contributed by atoms with Gasteiger partial charge in [0.05, 0.1) is 5.69 Å². The molecule has 168 valence electrons. The number of aryl methyl sites for hydroxylation is 1. The molecule has 5 nitrogen and oxygen atoms in total. The van der Waals surface area contributed by atoms with Crippen LogP contribution in [0, 0.1) is 6.92 Å². The summed E-state index contributed by atoms with van der Waals surface area (Å²) in [4.78, 5) is 9.20. The van der Waals surface area contributed by atoms with Crippen molar-refractivity contribution in [1.82, 2.24) is 15.2 Å². The quantitative estimate of drug-likeness (QED) is 0.370. The minimum atomic E-state index is 0.756. The fraction of sp³-hybridized carbons (Fsp3) is 0.207. The molecule has 0 unspecified atom stereocenters. The highest BCUT2D eigenvalue weighted by molar-refractivity contribution is 5.95. The van der Waals surface area contributed by atoms with Crippen molar-refractivity contribution in [1.29, 1.82) is 0 Å². The Hall–Kier alpha value is -3.99. The highest BCUT2D eigenvalue weighted by Gasteiger charge is 2.22. The second-order valence-electron chi connectivity index (χ2n) is 8.97. The summed E-state index contributed by atoms with van der Waals surface area (Å²) in [5.74, 6) is 0.989. The summed E-state index contributed by atoms with van der Waals surface area (Å²) >= 11 is 0.